The van der Waals surface area contributed by atoms with Crippen LogP contribution in [0.25, 0.3) is 11.4 Å². The first kappa shape index (κ1) is 17.7. The maximum atomic E-state index is 12.1. The van der Waals surface area contributed by atoms with E-state index in [9.17, 15) is 4.79 Å². The van der Waals surface area contributed by atoms with E-state index in [0.29, 0.717) is 17.9 Å². The fraction of sp³-hybridized carbons (Fsp3) is 0.250. The molecule has 0 saturated heterocycles. The largest absolute Gasteiger partial charge is 0.497 e. The van der Waals surface area contributed by atoms with E-state index in [1.807, 2.05) is 62.4 Å². The summed E-state index contributed by atoms with van der Waals surface area (Å²) in [5.74, 6) is 2.03. The first-order valence-corrected chi connectivity index (χ1v) is 8.41. The van der Waals surface area contributed by atoms with Crippen LogP contribution in [0.15, 0.2) is 53.3 Å². The van der Waals surface area contributed by atoms with E-state index < -0.39 is 0 Å². The fourth-order valence-corrected chi connectivity index (χ4v) is 2.51. The van der Waals surface area contributed by atoms with Crippen molar-refractivity contribution in [3.8, 4) is 22.9 Å². The van der Waals surface area contributed by atoms with Gasteiger partial charge in [-0.3, -0.25) is 4.79 Å². The van der Waals surface area contributed by atoms with Crippen molar-refractivity contribution in [2.45, 2.75) is 26.4 Å². The lowest BCUT2D eigenvalue weighted by Crippen LogP contribution is -2.18. The zero-order valence-corrected chi connectivity index (χ0v) is 15.0. The Hall–Kier alpha value is -3.15. The number of aromatic amines is 1. The summed E-state index contributed by atoms with van der Waals surface area (Å²) in [5.41, 5.74) is 1.92. The molecule has 0 saturated carbocycles. The SMILES string of the molecule is COc1ccc(-c2n[nH]c(=O)c(Cc3ccc(OC(C)C)cc3)n2)cc1. The van der Waals surface area contributed by atoms with Crippen LogP contribution in [0, 0.1) is 0 Å². The van der Waals surface area contributed by atoms with E-state index in [-0.39, 0.29) is 11.7 Å². The highest BCUT2D eigenvalue weighted by Gasteiger charge is 2.09. The van der Waals surface area contributed by atoms with Gasteiger partial charge in [-0.15, -0.1) is 0 Å². The highest BCUT2D eigenvalue weighted by molar-refractivity contribution is 5.55. The zero-order chi connectivity index (χ0) is 18.5. The zero-order valence-electron chi connectivity index (χ0n) is 15.0. The lowest BCUT2D eigenvalue weighted by atomic mass is 10.1. The molecular weight excluding hydrogens is 330 g/mol. The summed E-state index contributed by atoms with van der Waals surface area (Å²) in [6, 6.07) is 15.0. The van der Waals surface area contributed by atoms with Crippen LogP contribution in [0.5, 0.6) is 11.5 Å². The van der Waals surface area contributed by atoms with Crippen molar-refractivity contribution < 1.29 is 9.47 Å². The number of H-pyrrole nitrogens is 1. The third-order valence-corrected chi connectivity index (χ3v) is 3.78. The van der Waals surface area contributed by atoms with Crippen LogP contribution in [-0.4, -0.2) is 28.4 Å². The predicted molar refractivity (Wildman–Crippen MR) is 99.7 cm³/mol. The number of ether oxygens (including phenoxy) is 2. The van der Waals surface area contributed by atoms with Crippen molar-refractivity contribution in [2.24, 2.45) is 0 Å². The molecule has 2 aromatic carbocycles. The summed E-state index contributed by atoms with van der Waals surface area (Å²) in [6.45, 7) is 3.96. The molecule has 0 amide bonds. The van der Waals surface area contributed by atoms with Crippen molar-refractivity contribution in [3.63, 3.8) is 0 Å². The average Bonchev–Trinajstić information content (AvgIpc) is 2.65. The highest BCUT2D eigenvalue weighted by Crippen LogP contribution is 2.19. The molecule has 3 aromatic rings. The minimum Gasteiger partial charge on any atom is -0.497 e. The second-order valence-electron chi connectivity index (χ2n) is 6.15. The summed E-state index contributed by atoms with van der Waals surface area (Å²) >= 11 is 0. The fourth-order valence-electron chi connectivity index (χ4n) is 2.51. The minimum atomic E-state index is -0.287. The average molecular weight is 351 g/mol. The summed E-state index contributed by atoms with van der Waals surface area (Å²) in [6.07, 6.45) is 0.542. The molecule has 0 aliphatic rings. The molecule has 0 aliphatic heterocycles. The van der Waals surface area contributed by atoms with Gasteiger partial charge < -0.3 is 9.47 Å². The first-order valence-electron chi connectivity index (χ1n) is 8.41. The van der Waals surface area contributed by atoms with E-state index in [0.717, 1.165) is 22.6 Å². The number of methoxy groups -OCH3 is 1. The highest BCUT2D eigenvalue weighted by atomic mass is 16.5. The van der Waals surface area contributed by atoms with Gasteiger partial charge >= 0.3 is 0 Å². The van der Waals surface area contributed by atoms with Gasteiger partial charge in [-0.2, -0.15) is 5.10 Å². The molecule has 1 aromatic heterocycles. The number of benzene rings is 2. The smallest absolute Gasteiger partial charge is 0.286 e. The molecule has 134 valence electrons. The van der Waals surface area contributed by atoms with Crippen LogP contribution in [0.2, 0.25) is 0 Å². The number of nitrogens with one attached hydrogen (secondary N) is 1. The quantitative estimate of drug-likeness (QED) is 0.738. The Morgan fingerprint density at radius 1 is 1.00 bits per heavy atom. The Morgan fingerprint density at radius 2 is 1.65 bits per heavy atom. The lowest BCUT2D eigenvalue weighted by Gasteiger charge is -2.10. The van der Waals surface area contributed by atoms with Gasteiger partial charge in [0.2, 0.25) is 0 Å². The second kappa shape index (κ2) is 7.82. The van der Waals surface area contributed by atoms with Crippen molar-refractivity contribution in [3.05, 3.63) is 70.1 Å². The van der Waals surface area contributed by atoms with Gasteiger partial charge in [0.05, 0.1) is 13.2 Å². The van der Waals surface area contributed by atoms with Crippen molar-refractivity contribution in [1.82, 2.24) is 15.2 Å². The van der Waals surface area contributed by atoms with Gasteiger partial charge in [-0.05, 0) is 55.8 Å². The lowest BCUT2D eigenvalue weighted by molar-refractivity contribution is 0.242. The van der Waals surface area contributed by atoms with Gasteiger partial charge in [-0.1, -0.05) is 12.1 Å². The number of aromatic nitrogens is 3. The van der Waals surface area contributed by atoms with Crippen LogP contribution in [-0.2, 0) is 6.42 Å². The number of rotatable bonds is 6. The topological polar surface area (TPSA) is 77.1 Å². The van der Waals surface area contributed by atoms with E-state index in [1.54, 1.807) is 7.11 Å². The molecule has 0 fully saturated rings. The first-order chi connectivity index (χ1) is 12.5. The standard InChI is InChI=1S/C20H21N3O3/c1-13(2)26-17-8-4-14(5-9-17)12-18-20(24)23-22-19(21-18)15-6-10-16(25-3)11-7-15/h4-11,13H,12H2,1-3H3,(H,23,24). The molecule has 6 heteroatoms. The maximum absolute atomic E-state index is 12.1. The van der Waals surface area contributed by atoms with Gasteiger partial charge in [0.25, 0.3) is 5.56 Å². The summed E-state index contributed by atoms with van der Waals surface area (Å²) in [4.78, 5) is 16.5. The normalized spacial score (nSPS) is 10.8. The van der Waals surface area contributed by atoms with Crippen LogP contribution < -0.4 is 15.0 Å². The summed E-state index contributed by atoms with van der Waals surface area (Å²) in [5, 5.41) is 6.57. The van der Waals surface area contributed by atoms with Crippen molar-refractivity contribution in [1.29, 1.82) is 0 Å². The van der Waals surface area contributed by atoms with Gasteiger partial charge in [0.15, 0.2) is 5.82 Å². The van der Waals surface area contributed by atoms with Gasteiger partial charge in [0, 0.05) is 12.0 Å². The molecule has 0 bridgehead atoms. The molecule has 0 unspecified atom stereocenters. The molecule has 6 nitrogen and oxygen atoms in total. The molecular formula is C20H21N3O3. The molecule has 0 spiro atoms. The monoisotopic (exact) mass is 351 g/mol. The summed E-state index contributed by atoms with van der Waals surface area (Å²) in [7, 11) is 1.61. The molecule has 1 N–H and O–H groups in total. The van der Waals surface area contributed by atoms with Crippen LogP contribution in [0.1, 0.15) is 25.1 Å². The van der Waals surface area contributed by atoms with E-state index in [1.165, 1.54) is 0 Å². The molecule has 26 heavy (non-hydrogen) atoms. The molecule has 1 heterocycles. The Kier molecular flexibility index (Phi) is 5.31. The number of hydrogen-bond donors (Lipinski definition) is 1. The van der Waals surface area contributed by atoms with E-state index in [4.69, 9.17) is 9.47 Å². The van der Waals surface area contributed by atoms with Gasteiger partial charge in [-0.25, -0.2) is 10.1 Å². The van der Waals surface area contributed by atoms with E-state index >= 15 is 0 Å². The second-order valence-corrected chi connectivity index (χ2v) is 6.15. The Labute approximate surface area is 151 Å². The third kappa shape index (κ3) is 4.27. The van der Waals surface area contributed by atoms with Crippen LogP contribution >= 0.6 is 0 Å². The molecule has 0 aliphatic carbocycles. The molecule has 3 rings (SSSR count). The van der Waals surface area contributed by atoms with Crippen molar-refractivity contribution >= 4 is 0 Å². The van der Waals surface area contributed by atoms with Crippen molar-refractivity contribution in [2.75, 3.05) is 7.11 Å². The minimum absolute atomic E-state index is 0.123. The molecule has 0 radical (unpaired) electrons. The maximum Gasteiger partial charge on any atom is 0.286 e. The third-order valence-electron chi connectivity index (χ3n) is 3.78. The van der Waals surface area contributed by atoms with Gasteiger partial charge in [0.1, 0.15) is 17.2 Å². The molecule has 0 atom stereocenters. The number of nitrogens with zero attached hydrogens (tertiary/aromatic N) is 2. The van der Waals surface area contributed by atoms with Crippen LogP contribution in [0.4, 0.5) is 0 Å². The Morgan fingerprint density at radius 3 is 2.27 bits per heavy atom. The van der Waals surface area contributed by atoms with E-state index in [2.05, 4.69) is 15.2 Å². The number of hydrogen-bond acceptors (Lipinski definition) is 5. The summed E-state index contributed by atoms with van der Waals surface area (Å²) < 4.78 is 10.8. The predicted octanol–water partition coefficient (Wildman–Crippen LogP) is 3.22. The Balaban J connectivity index is 1.82. The Bertz CT molecular complexity index is 916. The van der Waals surface area contributed by atoms with Crippen LogP contribution in [0.3, 0.4) is 0 Å².